The Bertz CT molecular complexity index is 1390. The van der Waals surface area contributed by atoms with Gasteiger partial charge in [0.05, 0.1) is 5.56 Å². The number of aromatic hydroxyl groups is 1. The van der Waals surface area contributed by atoms with Crippen LogP contribution in [-0.4, -0.2) is 76.1 Å². The number of benzene rings is 1. The molecule has 1 saturated carbocycles. The van der Waals surface area contributed by atoms with Gasteiger partial charge in [-0.1, -0.05) is 26.2 Å². The molecule has 1 amide bonds. The number of nitrogens with two attached hydrogens (primary N) is 1. The zero-order chi connectivity index (χ0) is 30.0. The number of Topliss-reactive ketones (excluding diaryl/α,β-unsaturated/α-hetero) is 2. The zero-order valence-electron chi connectivity index (χ0n) is 24.3. The van der Waals surface area contributed by atoms with Crippen molar-refractivity contribution in [2.24, 2.45) is 23.0 Å². The largest absolute Gasteiger partial charge is 0.511 e. The molecule has 1 unspecified atom stereocenters. The van der Waals surface area contributed by atoms with Crippen LogP contribution in [0.15, 0.2) is 28.7 Å². The van der Waals surface area contributed by atoms with Crippen LogP contribution >= 0.6 is 0 Å². The molecule has 3 atom stereocenters. The first-order valence-corrected chi connectivity index (χ1v) is 14.4. The molecule has 4 aliphatic carbocycles. The van der Waals surface area contributed by atoms with Crippen molar-refractivity contribution < 1.29 is 34.8 Å². The molecule has 41 heavy (non-hydrogen) atoms. The van der Waals surface area contributed by atoms with E-state index in [1.54, 1.807) is 6.07 Å². The van der Waals surface area contributed by atoms with Crippen LogP contribution in [0.1, 0.15) is 73.4 Å². The maximum atomic E-state index is 13.9. The fourth-order valence-corrected chi connectivity index (χ4v) is 7.98. The summed E-state index contributed by atoms with van der Waals surface area (Å²) in [6.07, 6.45) is 6.26. The van der Waals surface area contributed by atoms with Gasteiger partial charge in [-0.05, 0) is 61.3 Å². The van der Waals surface area contributed by atoms with E-state index >= 15 is 0 Å². The molecular formula is C31H41N3O7. The lowest BCUT2D eigenvalue weighted by atomic mass is 9.60. The average molecular weight is 568 g/mol. The number of rotatable bonds is 6. The minimum atomic E-state index is -2.56. The summed E-state index contributed by atoms with van der Waals surface area (Å²) in [7, 11) is 5.85. The lowest BCUT2D eigenvalue weighted by Crippen LogP contribution is -2.57. The van der Waals surface area contributed by atoms with E-state index in [4.69, 9.17) is 5.73 Å². The van der Waals surface area contributed by atoms with Gasteiger partial charge in [-0.2, -0.15) is 0 Å². The summed E-state index contributed by atoms with van der Waals surface area (Å²) in [4.78, 5) is 43.1. The quantitative estimate of drug-likeness (QED) is 0.325. The number of nitrogens with zero attached hydrogens (tertiary/aromatic N) is 2. The number of aliphatic hydroxyl groups is 3. The van der Waals surface area contributed by atoms with Crippen molar-refractivity contribution in [1.29, 1.82) is 0 Å². The smallest absolute Gasteiger partial charge is 0.255 e. The molecule has 6 N–H and O–H groups in total. The van der Waals surface area contributed by atoms with E-state index < -0.39 is 52.0 Å². The number of carbonyl (C=O) groups excluding carboxylic acids is 3. The van der Waals surface area contributed by atoms with Crippen LogP contribution in [0.25, 0.3) is 0 Å². The molecule has 0 aromatic heterocycles. The monoisotopic (exact) mass is 567 g/mol. The van der Waals surface area contributed by atoms with Crippen LogP contribution in [-0.2, 0) is 22.6 Å². The van der Waals surface area contributed by atoms with Crippen molar-refractivity contribution in [3.05, 3.63) is 45.4 Å². The number of fused-ring (bicyclic) bond motifs is 3. The molecule has 10 nitrogen and oxygen atoms in total. The Hall–Kier alpha value is -3.37. The fraction of sp³-hybridized carbons (Fsp3) is 0.581. The summed E-state index contributed by atoms with van der Waals surface area (Å²) in [6.45, 7) is 3.82. The Balaban J connectivity index is 1.55. The van der Waals surface area contributed by atoms with Crippen LogP contribution in [0.2, 0.25) is 0 Å². The molecule has 0 bridgehead atoms. The molecule has 222 valence electrons. The van der Waals surface area contributed by atoms with Gasteiger partial charge < -0.3 is 36.0 Å². The summed E-state index contributed by atoms with van der Waals surface area (Å²) in [5, 5.41) is 44.3. The molecule has 4 aliphatic rings. The van der Waals surface area contributed by atoms with Gasteiger partial charge in [-0.15, -0.1) is 0 Å². The second kappa shape index (κ2) is 10.2. The first kappa shape index (κ1) is 29.1. The Morgan fingerprint density at radius 2 is 1.73 bits per heavy atom. The summed E-state index contributed by atoms with van der Waals surface area (Å²) in [6, 6.07) is 1.60. The molecule has 0 heterocycles. The summed E-state index contributed by atoms with van der Waals surface area (Å²) in [5.74, 6) is -6.21. The predicted molar refractivity (Wildman–Crippen MR) is 153 cm³/mol. The molecule has 5 rings (SSSR count). The van der Waals surface area contributed by atoms with E-state index in [-0.39, 0.29) is 41.6 Å². The van der Waals surface area contributed by atoms with Crippen LogP contribution in [0, 0.1) is 17.3 Å². The number of phenols is 1. The maximum absolute atomic E-state index is 13.9. The minimum Gasteiger partial charge on any atom is -0.511 e. The third kappa shape index (κ3) is 4.61. The van der Waals surface area contributed by atoms with Gasteiger partial charge in [0.25, 0.3) is 5.91 Å². The maximum Gasteiger partial charge on any atom is 0.255 e. The lowest BCUT2D eigenvalue weighted by molar-refractivity contribution is -0.144. The number of allylic oxidation sites excluding steroid dienone is 2. The van der Waals surface area contributed by atoms with Crippen LogP contribution < -0.4 is 10.6 Å². The second-order valence-corrected chi connectivity index (χ2v) is 13.1. The van der Waals surface area contributed by atoms with Crippen molar-refractivity contribution in [1.82, 2.24) is 4.90 Å². The Morgan fingerprint density at radius 1 is 1.07 bits per heavy atom. The standard InChI is InChI=1S/C31H41N3O7/c1-30(8-6-5-7-9-30)15-34(4)14-17-12-20(35)23-19(25(17)33(2)3)11-16-10-18-13-21(36)24(29(32)40)28(39)31(18,41)27(38)22(16)26(23)37/h12,16,18,35-36,38,41H,5-11,13-15H2,1-4H3,(H2,32,40)/t16?,18-,31-/m0/s1. The molecule has 0 saturated heterocycles. The second-order valence-electron chi connectivity index (χ2n) is 13.1. The molecule has 10 heteroatoms. The van der Waals surface area contributed by atoms with Crippen molar-refractivity contribution in [2.45, 2.75) is 70.4 Å². The third-order valence-electron chi connectivity index (χ3n) is 9.71. The summed E-state index contributed by atoms with van der Waals surface area (Å²) in [5.41, 5.74) is 4.42. The van der Waals surface area contributed by atoms with Crippen molar-refractivity contribution >= 4 is 23.2 Å². The van der Waals surface area contributed by atoms with Crippen molar-refractivity contribution in [3.8, 4) is 5.75 Å². The average Bonchev–Trinajstić information content (AvgIpc) is 2.85. The first-order valence-electron chi connectivity index (χ1n) is 14.4. The highest BCUT2D eigenvalue weighted by Gasteiger charge is 2.59. The zero-order valence-corrected chi connectivity index (χ0v) is 24.3. The van der Waals surface area contributed by atoms with E-state index in [2.05, 4.69) is 18.9 Å². The number of aliphatic hydroxyl groups excluding tert-OH is 2. The number of ketones is 2. The summed E-state index contributed by atoms with van der Waals surface area (Å²) < 4.78 is 0. The molecule has 0 spiro atoms. The molecule has 1 aromatic rings. The topological polar surface area (TPSA) is 165 Å². The van der Waals surface area contributed by atoms with Crippen LogP contribution in [0.3, 0.4) is 0 Å². The van der Waals surface area contributed by atoms with E-state index in [9.17, 15) is 34.8 Å². The van der Waals surface area contributed by atoms with E-state index in [1.807, 2.05) is 19.0 Å². The van der Waals surface area contributed by atoms with Gasteiger partial charge in [-0.3, -0.25) is 14.4 Å². The number of primary amides is 1. The van der Waals surface area contributed by atoms with Gasteiger partial charge in [0.2, 0.25) is 5.78 Å². The van der Waals surface area contributed by atoms with Crippen molar-refractivity contribution in [2.75, 3.05) is 32.6 Å². The number of hydrogen-bond donors (Lipinski definition) is 5. The molecule has 0 radical (unpaired) electrons. The Morgan fingerprint density at radius 3 is 2.34 bits per heavy atom. The molecule has 1 aromatic carbocycles. The van der Waals surface area contributed by atoms with Gasteiger partial charge in [0.1, 0.15) is 22.8 Å². The first-order chi connectivity index (χ1) is 19.2. The SMILES string of the molecule is CN(Cc1cc(O)c2c(c1N(C)C)CC1C[C@H]3CC(O)=C(C(N)=O)C(=O)[C@@]3(O)C(O)=C1C2=O)CC1(C)CCCCC1. The molecular weight excluding hydrogens is 526 g/mol. The van der Waals surface area contributed by atoms with E-state index in [0.717, 1.165) is 17.8 Å². The Kier molecular flexibility index (Phi) is 7.22. The predicted octanol–water partition coefficient (Wildman–Crippen LogP) is 3.05. The minimum absolute atomic E-state index is 0.0379. The van der Waals surface area contributed by atoms with E-state index in [1.165, 1.54) is 32.1 Å². The van der Waals surface area contributed by atoms with Gasteiger partial charge in [0, 0.05) is 50.8 Å². The number of hydrogen-bond acceptors (Lipinski definition) is 9. The van der Waals surface area contributed by atoms with E-state index in [0.29, 0.717) is 12.1 Å². The number of amides is 1. The molecule has 1 fully saturated rings. The number of phenolic OH excluding ortho intramolecular Hbond substituents is 1. The van der Waals surface area contributed by atoms with Gasteiger partial charge in [0.15, 0.2) is 11.4 Å². The highest BCUT2D eigenvalue weighted by molar-refractivity contribution is 6.24. The highest BCUT2D eigenvalue weighted by Crippen LogP contribution is 2.53. The normalized spacial score (nSPS) is 27.5. The van der Waals surface area contributed by atoms with Crippen LogP contribution in [0.5, 0.6) is 5.75 Å². The van der Waals surface area contributed by atoms with Gasteiger partial charge >= 0.3 is 0 Å². The molecule has 0 aliphatic heterocycles. The lowest BCUT2D eigenvalue weighted by Gasteiger charge is -2.46. The fourth-order valence-electron chi connectivity index (χ4n) is 7.98. The van der Waals surface area contributed by atoms with Crippen LogP contribution in [0.4, 0.5) is 5.69 Å². The number of carbonyl (C=O) groups is 3. The Labute approximate surface area is 240 Å². The number of anilines is 1. The van der Waals surface area contributed by atoms with Gasteiger partial charge in [-0.25, -0.2) is 0 Å². The van der Waals surface area contributed by atoms with Crippen molar-refractivity contribution in [3.63, 3.8) is 0 Å². The highest BCUT2D eigenvalue weighted by atomic mass is 16.3. The summed E-state index contributed by atoms with van der Waals surface area (Å²) >= 11 is 0. The third-order valence-corrected chi connectivity index (χ3v) is 9.71.